The van der Waals surface area contributed by atoms with E-state index >= 15 is 0 Å². The zero-order valence-corrected chi connectivity index (χ0v) is 13.6. The van der Waals surface area contributed by atoms with E-state index in [1.165, 1.54) is 10.8 Å². The summed E-state index contributed by atoms with van der Waals surface area (Å²) in [7, 11) is 0. The van der Waals surface area contributed by atoms with Gasteiger partial charge in [0.15, 0.2) is 0 Å². The highest BCUT2D eigenvalue weighted by atomic mass is 16.3. The number of para-hydroxylation sites is 1. The van der Waals surface area contributed by atoms with Crippen molar-refractivity contribution in [1.29, 1.82) is 0 Å². The highest BCUT2D eigenvalue weighted by Crippen LogP contribution is 2.26. The zero-order chi connectivity index (χ0) is 17.8. The Hall–Kier alpha value is -3.41. The number of hydrazone groups is 1. The molecular formula is C19H17N3O3. The number of fused-ring (bicyclic) bond motifs is 1. The lowest BCUT2D eigenvalue weighted by Crippen LogP contribution is -2.31. The largest absolute Gasteiger partial charge is 0.506 e. The second kappa shape index (κ2) is 7.00. The average Bonchev–Trinajstić information content (AvgIpc) is 2.63. The molecule has 6 heteroatoms. The molecule has 25 heavy (non-hydrogen) atoms. The number of carbonyl (C=O) groups is 1. The van der Waals surface area contributed by atoms with Crippen molar-refractivity contribution in [3.05, 3.63) is 76.1 Å². The van der Waals surface area contributed by atoms with Gasteiger partial charge in [-0.15, -0.1) is 0 Å². The SMILES string of the molecule is CCn1c(=O)c(C(=O)N/N=C/c2ccccc2)c(O)c2ccccc21. The topological polar surface area (TPSA) is 83.7 Å². The van der Waals surface area contributed by atoms with Crippen molar-refractivity contribution >= 4 is 23.0 Å². The number of nitrogens with zero attached hydrogens (tertiary/aromatic N) is 2. The molecule has 1 heterocycles. The number of rotatable bonds is 4. The standard InChI is InChI=1S/C19H17N3O3/c1-2-22-15-11-7-6-10-14(15)17(23)16(19(22)25)18(24)21-20-12-13-8-4-3-5-9-13/h3-12,23H,2H2,1H3,(H,21,24)/b20-12+. The number of carbonyl (C=O) groups excluding carboxylic acids is 1. The maximum Gasteiger partial charge on any atom is 0.280 e. The van der Waals surface area contributed by atoms with E-state index in [2.05, 4.69) is 10.5 Å². The van der Waals surface area contributed by atoms with Gasteiger partial charge in [-0.1, -0.05) is 42.5 Å². The molecule has 6 nitrogen and oxygen atoms in total. The van der Waals surface area contributed by atoms with Crippen LogP contribution in [0, 0.1) is 0 Å². The lowest BCUT2D eigenvalue weighted by atomic mass is 10.1. The number of pyridine rings is 1. The Balaban J connectivity index is 1.99. The van der Waals surface area contributed by atoms with E-state index < -0.39 is 11.5 Å². The van der Waals surface area contributed by atoms with Gasteiger partial charge < -0.3 is 9.67 Å². The fourth-order valence-electron chi connectivity index (χ4n) is 2.67. The highest BCUT2D eigenvalue weighted by molar-refractivity contribution is 6.02. The van der Waals surface area contributed by atoms with Crippen LogP contribution in [-0.4, -0.2) is 21.8 Å². The van der Waals surface area contributed by atoms with Gasteiger partial charge >= 0.3 is 0 Å². The summed E-state index contributed by atoms with van der Waals surface area (Å²) in [5.41, 5.74) is 2.82. The Morgan fingerprint density at radius 3 is 2.56 bits per heavy atom. The third-order valence-corrected chi connectivity index (χ3v) is 3.87. The third-order valence-electron chi connectivity index (χ3n) is 3.87. The fourth-order valence-corrected chi connectivity index (χ4v) is 2.67. The van der Waals surface area contributed by atoms with Gasteiger partial charge in [-0.05, 0) is 24.6 Å². The molecule has 0 radical (unpaired) electrons. The summed E-state index contributed by atoms with van der Waals surface area (Å²) in [4.78, 5) is 25.0. The summed E-state index contributed by atoms with van der Waals surface area (Å²) in [6.07, 6.45) is 1.47. The number of aryl methyl sites for hydroxylation is 1. The molecule has 3 aromatic rings. The van der Waals surface area contributed by atoms with E-state index in [4.69, 9.17) is 0 Å². The minimum absolute atomic E-state index is 0.314. The Morgan fingerprint density at radius 1 is 1.16 bits per heavy atom. The number of hydrogen-bond acceptors (Lipinski definition) is 4. The molecule has 0 saturated heterocycles. The monoisotopic (exact) mass is 335 g/mol. The molecule has 0 saturated carbocycles. The van der Waals surface area contributed by atoms with E-state index in [0.29, 0.717) is 17.4 Å². The molecule has 0 spiro atoms. The van der Waals surface area contributed by atoms with Crippen molar-refractivity contribution in [2.24, 2.45) is 5.10 Å². The van der Waals surface area contributed by atoms with Crippen LogP contribution in [0.5, 0.6) is 5.75 Å². The van der Waals surface area contributed by atoms with Crippen molar-refractivity contribution in [3.63, 3.8) is 0 Å². The Bertz CT molecular complexity index is 1010. The van der Waals surface area contributed by atoms with Crippen LogP contribution in [0.15, 0.2) is 64.5 Å². The Labute approximate surface area is 144 Å². The lowest BCUT2D eigenvalue weighted by Gasteiger charge is -2.12. The van der Waals surface area contributed by atoms with Gasteiger partial charge in [0.05, 0.1) is 11.7 Å². The van der Waals surface area contributed by atoms with Crippen LogP contribution in [0.2, 0.25) is 0 Å². The van der Waals surface area contributed by atoms with Crippen LogP contribution in [0.25, 0.3) is 10.9 Å². The van der Waals surface area contributed by atoms with Crippen molar-refractivity contribution < 1.29 is 9.90 Å². The smallest absolute Gasteiger partial charge is 0.280 e. The Kier molecular flexibility index (Phi) is 4.61. The molecule has 126 valence electrons. The molecule has 0 aliphatic heterocycles. The lowest BCUT2D eigenvalue weighted by molar-refractivity contribution is 0.0950. The van der Waals surface area contributed by atoms with Gasteiger partial charge in [0.25, 0.3) is 11.5 Å². The van der Waals surface area contributed by atoms with Crippen molar-refractivity contribution in [2.75, 3.05) is 0 Å². The minimum atomic E-state index is -0.748. The first-order valence-electron chi connectivity index (χ1n) is 7.86. The van der Waals surface area contributed by atoms with Crippen LogP contribution in [0.3, 0.4) is 0 Å². The number of benzene rings is 2. The number of nitrogens with one attached hydrogen (secondary N) is 1. The van der Waals surface area contributed by atoms with Crippen LogP contribution in [0.1, 0.15) is 22.8 Å². The maximum absolute atomic E-state index is 12.6. The number of aromatic nitrogens is 1. The van der Waals surface area contributed by atoms with Crippen LogP contribution < -0.4 is 11.0 Å². The molecule has 0 aliphatic carbocycles. The van der Waals surface area contributed by atoms with Gasteiger partial charge in [-0.3, -0.25) is 9.59 Å². The molecule has 0 bridgehead atoms. The summed E-state index contributed by atoms with van der Waals surface area (Å²) in [5, 5.41) is 14.7. The normalized spacial score (nSPS) is 11.1. The van der Waals surface area contributed by atoms with Crippen LogP contribution in [-0.2, 0) is 6.54 Å². The first-order valence-corrected chi connectivity index (χ1v) is 7.86. The summed E-state index contributed by atoms with van der Waals surface area (Å²) in [6, 6.07) is 16.1. The molecule has 3 rings (SSSR count). The average molecular weight is 335 g/mol. The number of amides is 1. The van der Waals surface area contributed by atoms with E-state index in [1.54, 1.807) is 31.2 Å². The Morgan fingerprint density at radius 2 is 1.84 bits per heavy atom. The fraction of sp³-hybridized carbons (Fsp3) is 0.105. The van der Waals surface area contributed by atoms with Gasteiger partial charge in [-0.2, -0.15) is 5.10 Å². The summed E-state index contributed by atoms with van der Waals surface area (Å²) in [5.74, 6) is -1.08. The van der Waals surface area contributed by atoms with Crippen molar-refractivity contribution in [3.8, 4) is 5.75 Å². The van der Waals surface area contributed by atoms with E-state index in [-0.39, 0.29) is 11.3 Å². The van der Waals surface area contributed by atoms with Crippen LogP contribution in [0.4, 0.5) is 0 Å². The van der Waals surface area contributed by atoms with E-state index in [0.717, 1.165) is 5.56 Å². The molecule has 0 unspecified atom stereocenters. The van der Waals surface area contributed by atoms with Gasteiger partial charge in [0.2, 0.25) is 0 Å². The molecular weight excluding hydrogens is 318 g/mol. The molecule has 0 fully saturated rings. The summed E-state index contributed by atoms with van der Waals surface area (Å²) < 4.78 is 1.45. The molecule has 1 aromatic heterocycles. The number of hydrogen-bond donors (Lipinski definition) is 2. The molecule has 2 N–H and O–H groups in total. The van der Waals surface area contributed by atoms with Crippen molar-refractivity contribution in [2.45, 2.75) is 13.5 Å². The summed E-state index contributed by atoms with van der Waals surface area (Å²) in [6.45, 7) is 2.19. The second-order valence-corrected chi connectivity index (χ2v) is 5.40. The minimum Gasteiger partial charge on any atom is -0.506 e. The first kappa shape index (κ1) is 16.4. The van der Waals surface area contributed by atoms with Gasteiger partial charge in [0, 0.05) is 11.9 Å². The quantitative estimate of drug-likeness (QED) is 0.567. The van der Waals surface area contributed by atoms with E-state index in [9.17, 15) is 14.7 Å². The predicted molar refractivity (Wildman–Crippen MR) is 97.0 cm³/mol. The molecule has 0 aliphatic rings. The number of aromatic hydroxyl groups is 1. The maximum atomic E-state index is 12.6. The highest BCUT2D eigenvalue weighted by Gasteiger charge is 2.21. The van der Waals surface area contributed by atoms with Gasteiger partial charge in [-0.25, -0.2) is 5.43 Å². The van der Waals surface area contributed by atoms with Crippen molar-refractivity contribution in [1.82, 2.24) is 9.99 Å². The zero-order valence-electron chi connectivity index (χ0n) is 13.6. The van der Waals surface area contributed by atoms with Gasteiger partial charge in [0.1, 0.15) is 11.3 Å². The third kappa shape index (κ3) is 3.14. The second-order valence-electron chi connectivity index (χ2n) is 5.40. The predicted octanol–water partition coefficient (Wildman–Crippen LogP) is 2.49. The van der Waals surface area contributed by atoms with E-state index in [1.807, 2.05) is 30.3 Å². The van der Waals surface area contributed by atoms with Crippen LogP contribution >= 0.6 is 0 Å². The molecule has 0 atom stereocenters. The summed E-state index contributed by atoms with van der Waals surface area (Å²) >= 11 is 0. The first-order chi connectivity index (χ1) is 12.1. The molecule has 1 amide bonds. The molecule has 2 aromatic carbocycles.